The van der Waals surface area contributed by atoms with Crippen LogP contribution in [0.25, 0.3) is 49.9 Å². The van der Waals surface area contributed by atoms with Crippen LogP contribution in [0.1, 0.15) is 58.2 Å². The largest absolute Gasteiger partial charge is 0.509 e. The summed E-state index contributed by atoms with van der Waals surface area (Å²) >= 11 is 0. The van der Waals surface area contributed by atoms with E-state index in [4.69, 9.17) is 9.72 Å². The van der Waals surface area contributed by atoms with Gasteiger partial charge in [0, 0.05) is 61.1 Å². The van der Waals surface area contributed by atoms with Crippen molar-refractivity contribution in [3.8, 4) is 39.6 Å². The predicted molar refractivity (Wildman–Crippen MR) is 245 cm³/mol. The molecule has 304 valence electrons. The third kappa shape index (κ3) is 7.80. The van der Waals surface area contributed by atoms with Crippen molar-refractivity contribution < 1.29 is 25.8 Å². The van der Waals surface area contributed by atoms with Gasteiger partial charge >= 0.3 is 0 Å². The fourth-order valence-corrected chi connectivity index (χ4v) is 8.19. The number of anilines is 2. The molecule has 1 aliphatic rings. The van der Waals surface area contributed by atoms with Crippen LogP contribution in [0.2, 0.25) is 0 Å². The average Bonchev–Trinajstić information content (AvgIpc) is 3.82. The molecule has 0 saturated heterocycles. The molecule has 0 spiro atoms. The molecule has 0 amide bonds. The molecule has 0 fully saturated rings. The molecule has 3 heterocycles. The second-order valence-electron chi connectivity index (χ2n) is 17.6. The summed E-state index contributed by atoms with van der Waals surface area (Å²) in [6, 6.07) is 54.3. The zero-order valence-corrected chi connectivity index (χ0v) is 37.7. The number of para-hydroxylation sites is 1. The number of benzene rings is 6. The minimum atomic E-state index is -0.142. The van der Waals surface area contributed by atoms with Crippen LogP contribution in [0.4, 0.5) is 11.4 Å². The molecule has 0 atom stereocenters. The molecular weight excluding hydrogens is 916 g/mol. The molecule has 0 unspecified atom stereocenters. The van der Waals surface area contributed by atoms with Gasteiger partial charge in [-0.1, -0.05) is 126 Å². The maximum atomic E-state index is 6.83. The number of ether oxygens (including phenoxy) is 1. The van der Waals surface area contributed by atoms with Crippen LogP contribution in [-0.2, 0) is 26.5 Å². The quantitative estimate of drug-likeness (QED) is 0.149. The van der Waals surface area contributed by atoms with Crippen molar-refractivity contribution >= 4 is 33.2 Å². The molecule has 8 aromatic rings. The minimum Gasteiger partial charge on any atom is -0.509 e. The van der Waals surface area contributed by atoms with Crippen LogP contribution in [-0.4, -0.2) is 9.55 Å². The van der Waals surface area contributed by atoms with Crippen LogP contribution in [0.15, 0.2) is 152 Å². The summed E-state index contributed by atoms with van der Waals surface area (Å²) in [5.74, 6) is 2.06. The molecule has 6 heteroatoms. The van der Waals surface area contributed by atoms with Crippen LogP contribution in [0.3, 0.4) is 0 Å². The monoisotopic (exact) mass is 964 g/mol. The van der Waals surface area contributed by atoms with Gasteiger partial charge in [0.2, 0.25) is 0 Å². The van der Waals surface area contributed by atoms with Crippen LogP contribution >= 0.6 is 0 Å². The fraction of sp³-hybridized carbons (Fsp3) is 0.185. The third-order valence-electron chi connectivity index (χ3n) is 11.3. The molecule has 0 saturated carbocycles. The van der Waals surface area contributed by atoms with Gasteiger partial charge < -0.3 is 19.1 Å². The molecule has 0 bridgehead atoms. The molecule has 5 nitrogen and oxygen atoms in total. The molecule has 9 rings (SSSR count). The van der Waals surface area contributed by atoms with Gasteiger partial charge in [0.1, 0.15) is 5.82 Å². The smallest absolute Gasteiger partial charge is 0.135 e. The van der Waals surface area contributed by atoms with Crippen molar-refractivity contribution in [1.82, 2.24) is 9.55 Å². The molecule has 0 N–H and O–H groups in total. The van der Waals surface area contributed by atoms with Gasteiger partial charge in [0.15, 0.2) is 0 Å². The predicted octanol–water partition coefficient (Wildman–Crippen LogP) is 14.2. The van der Waals surface area contributed by atoms with E-state index < -0.39 is 0 Å². The van der Waals surface area contributed by atoms with E-state index in [0.717, 1.165) is 44.6 Å². The fourth-order valence-electron chi connectivity index (χ4n) is 8.19. The number of fused-ring (bicyclic) bond motifs is 3. The zero-order valence-electron chi connectivity index (χ0n) is 35.4. The van der Waals surface area contributed by atoms with Gasteiger partial charge in [-0.05, 0) is 94.6 Å². The third-order valence-corrected chi connectivity index (χ3v) is 11.3. The van der Waals surface area contributed by atoms with E-state index >= 15 is 0 Å². The van der Waals surface area contributed by atoms with Crippen molar-refractivity contribution in [2.75, 3.05) is 9.80 Å². The molecule has 1 aliphatic heterocycles. The van der Waals surface area contributed by atoms with Crippen molar-refractivity contribution in [2.45, 2.75) is 60.8 Å². The van der Waals surface area contributed by atoms with E-state index in [1.54, 1.807) is 0 Å². The number of nitrogens with zero attached hydrogens (tertiary/aromatic N) is 4. The molecule has 0 aliphatic carbocycles. The van der Waals surface area contributed by atoms with E-state index in [1.165, 1.54) is 39.1 Å². The summed E-state index contributed by atoms with van der Waals surface area (Å²) in [4.78, 5) is 9.34. The summed E-state index contributed by atoms with van der Waals surface area (Å²) in [6.07, 6.45) is 4.13. The Balaban J connectivity index is 0.00000499. The number of aryl methyl sites for hydroxylation is 2. The molecule has 60 heavy (non-hydrogen) atoms. The van der Waals surface area contributed by atoms with Gasteiger partial charge in [0.25, 0.3) is 0 Å². The minimum absolute atomic E-state index is 0. The first kappa shape index (κ1) is 40.9. The summed E-state index contributed by atoms with van der Waals surface area (Å²) in [7, 11) is 0. The van der Waals surface area contributed by atoms with Crippen LogP contribution < -0.4 is 14.5 Å². The molecular formula is C54H49N4OPt-3. The Hall–Kier alpha value is -5.90. The van der Waals surface area contributed by atoms with E-state index in [9.17, 15) is 0 Å². The number of hydrogen-bond donors (Lipinski definition) is 0. The second-order valence-corrected chi connectivity index (χ2v) is 17.6. The van der Waals surface area contributed by atoms with Gasteiger partial charge in [-0.25, -0.2) is 4.98 Å². The number of rotatable bonds is 7. The van der Waals surface area contributed by atoms with E-state index in [-0.39, 0.29) is 31.9 Å². The zero-order chi connectivity index (χ0) is 41.1. The summed E-state index contributed by atoms with van der Waals surface area (Å²) in [5.41, 5.74) is 13.2. The van der Waals surface area contributed by atoms with Crippen LogP contribution in [0, 0.1) is 38.1 Å². The van der Waals surface area contributed by atoms with Crippen molar-refractivity contribution in [3.05, 3.63) is 187 Å². The van der Waals surface area contributed by atoms with Gasteiger partial charge in [-0.2, -0.15) is 6.07 Å². The Morgan fingerprint density at radius 2 is 1.32 bits per heavy atom. The standard InChI is InChI=1S/C54H49N4O.Pt/c1-36-15-14-16-37(2)52(36)40-29-43(56-34-50(54(6,7)8)57(35-56)42-23-21-39(22-24-42)38-17-10-9-11-18-38)32-45(30-40)59-44-25-26-47-46-19-12-13-20-48(46)58(49(47)33-44)51-31-41(27-28-55-51)53(3,4)5;/h9-31,34-35H,1-8H3;/q-3;. The first-order valence-electron chi connectivity index (χ1n) is 20.4. The Labute approximate surface area is 369 Å². The first-order chi connectivity index (χ1) is 28.3. The molecule has 2 aromatic heterocycles. The average molecular weight is 965 g/mol. The van der Waals surface area contributed by atoms with Gasteiger partial charge in [-0.15, -0.1) is 53.6 Å². The first-order valence-corrected chi connectivity index (χ1v) is 20.4. The number of pyridine rings is 1. The van der Waals surface area contributed by atoms with E-state index in [0.29, 0.717) is 11.5 Å². The Kier molecular flexibility index (Phi) is 10.9. The maximum Gasteiger partial charge on any atom is 0.135 e. The van der Waals surface area contributed by atoms with Crippen LogP contribution in [0.5, 0.6) is 11.5 Å². The Morgan fingerprint density at radius 1 is 0.617 bits per heavy atom. The number of hydrogen-bond acceptors (Lipinski definition) is 4. The number of allylic oxidation sites excluding steroid dienone is 1. The van der Waals surface area contributed by atoms with Gasteiger partial charge in [0.05, 0.1) is 0 Å². The van der Waals surface area contributed by atoms with Crippen molar-refractivity contribution in [2.24, 2.45) is 5.41 Å². The summed E-state index contributed by atoms with van der Waals surface area (Å²) < 4.78 is 9.04. The van der Waals surface area contributed by atoms with Crippen molar-refractivity contribution in [1.29, 1.82) is 0 Å². The maximum absolute atomic E-state index is 6.83. The SMILES string of the molecule is Cc1cccc(C)c1-c1cc(Oc2[c-]c3c(cc2)c2ccccc2n3-c2cc(C(C)(C)C)ccn2)[c-]c(N2C=C(C(C)(C)C)N(c3ccc(-c4ccccc4)cc3)[CH-]2)c1.[Pt]. The normalized spacial score (nSPS) is 13.2. The topological polar surface area (TPSA) is 33.5 Å². The Bertz CT molecular complexity index is 2860. The molecule has 6 aromatic carbocycles. The number of aromatic nitrogens is 2. The molecule has 0 radical (unpaired) electrons. The second kappa shape index (κ2) is 15.9. The summed E-state index contributed by atoms with van der Waals surface area (Å²) in [5, 5.41) is 2.23. The Morgan fingerprint density at radius 3 is 2.03 bits per heavy atom. The van der Waals surface area contributed by atoms with Crippen molar-refractivity contribution in [3.63, 3.8) is 0 Å². The van der Waals surface area contributed by atoms with Gasteiger partial charge in [-0.3, -0.25) is 0 Å². The summed E-state index contributed by atoms with van der Waals surface area (Å²) in [6.45, 7) is 20.0. The van der Waals surface area contributed by atoms with E-state index in [1.807, 2.05) is 12.3 Å². The van der Waals surface area contributed by atoms with E-state index in [2.05, 4.69) is 222 Å².